The van der Waals surface area contributed by atoms with Crippen LogP contribution in [0.25, 0.3) is 0 Å². The Bertz CT molecular complexity index is 969. The van der Waals surface area contributed by atoms with Crippen molar-refractivity contribution in [2.75, 3.05) is 25.5 Å². The van der Waals surface area contributed by atoms with Crippen LogP contribution in [0.1, 0.15) is 19.4 Å². The van der Waals surface area contributed by atoms with E-state index in [4.69, 9.17) is 14.2 Å². The lowest BCUT2D eigenvalue weighted by Gasteiger charge is -2.16. The smallest absolute Gasteiger partial charge is 0.262 e. The molecule has 0 aromatic heterocycles. The molecule has 0 spiro atoms. The molecule has 28 heavy (non-hydrogen) atoms. The van der Waals surface area contributed by atoms with Gasteiger partial charge in [-0.1, -0.05) is 19.9 Å². The van der Waals surface area contributed by atoms with Crippen molar-refractivity contribution in [2.45, 2.75) is 24.8 Å². The van der Waals surface area contributed by atoms with Crippen molar-refractivity contribution >= 4 is 21.6 Å². The molecule has 1 N–H and O–H groups in total. The molecular formula is C20H24N2O5S. The number of sulfonamides is 1. The number of hydrogen-bond acceptors (Lipinski definition) is 6. The van der Waals surface area contributed by atoms with Gasteiger partial charge in [0.15, 0.2) is 0 Å². The van der Waals surface area contributed by atoms with Gasteiger partial charge in [0.1, 0.15) is 23.8 Å². The lowest BCUT2D eigenvalue weighted by molar-refractivity contribution is 0.292. The highest BCUT2D eigenvalue weighted by atomic mass is 32.2. The summed E-state index contributed by atoms with van der Waals surface area (Å²) in [6, 6.07) is 11.4. The second-order valence-corrected chi connectivity index (χ2v) is 8.40. The van der Waals surface area contributed by atoms with Crippen LogP contribution in [0.4, 0.5) is 5.69 Å². The zero-order chi connectivity index (χ0) is 20.3. The molecule has 1 aliphatic heterocycles. The zero-order valence-electron chi connectivity index (χ0n) is 16.3. The lowest BCUT2D eigenvalue weighted by Crippen LogP contribution is -2.17. The number of nitrogens with zero attached hydrogens (tertiary/aromatic N) is 1. The second-order valence-electron chi connectivity index (χ2n) is 6.72. The highest BCUT2D eigenvalue weighted by molar-refractivity contribution is 7.92. The Kier molecular flexibility index (Phi) is 5.79. The Morgan fingerprint density at radius 1 is 1.11 bits per heavy atom. The van der Waals surface area contributed by atoms with E-state index in [0.717, 1.165) is 0 Å². The van der Waals surface area contributed by atoms with E-state index in [0.29, 0.717) is 41.2 Å². The Labute approximate surface area is 165 Å². The minimum atomic E-state index is -3.85. The summed E-state index contributed by atoms with van der Waals surface area (Å²) in [5, 5.41) is 0. The number of benzene rings is 2. The van der Waals surface area contributed by atoms with Gasteiger partial charge in [0.25, 0.3) is 10.0 Å². The van der Waals surface area contributed by atoms with Crippen LogP contribution >= 0.6 is 0 Å². The first-order valence-corrected chi connectivity index (χ1v) is 10.4. The molecule has 150 valence electrons. The molecule has 0 saturated carbocycles. The van der Waals surface area contributed by atoms with E-state index in [1.807, 2.05) is 0 Å². The highest BCUT2D eigenvalue weighted by Crippen LogP contribution is 2.33. The van der Waals surface area contributed by atoms with Gasteiger partial charge >= 0.3 is 0 Å². The average molecular weight is 404 g/mol. The van der Waals surface area contributed by atoms with Gasteiger partial charge in [-0.05, 0) is 42.3 Å². The van der Waals surface area contributed by atoms with Crippen LogP contribution in [-0.4, -0.2) is 41.2 Å². The number of para-hydroxylation sites is 1. The predicted octanol–water partition coefficient (Wildman–Crippen LogP) is 3.31. The first-order chi connectivity index (χ1) is 13.4. The number of anilines is 1. The first kappa shape index (κ1) is 20.0. The summed E-state index contributed by atoms with van der Waals surface area (Å²) in [6.07, 6.45) is 0. The number of ether oxygens (including phenoxy) is 3. The molecule has 1 aliphatic rings. The van der Waals surface area contributed by atoms with Crippen molar-refractivity contribution in [1.82, 2.24) is 0 Å². The minimum Gasteiger partial charge on any atom is -0.497 e. The fraction of sp³-hybridized carbons (Fsp3) is 0.350. The maximum absolute atomic E-state index is 12.9. The summed E-state index contributed by atoms with van der Waals surface area (Å²) >= 11 is 0. The Morgan fingerprint density at radius 3 is 2.39 bits per heavy atom. The molecule has 1 heterocycles. The molecule has 0 unspecified atom stereocenters. The Morgan fingerprint density at radius 2 is 1.82 bits per heavy atom. The van der Waals surface area contributed by atoms with Crippen LogP contribution in [0.2, 0.25) is 0 Å². The van der Waals surface area contributed by atoms with Gasteiger partial charge in [-0.15, -0.1) is 0 Å². The molecule has 2 aromatic carbocycles. The summed E-state index contributed by atoms with van der Waals surface area (Å²) in [7, 11) is -0.841. The number of aliphatic imine (C=N–C) groups is 1. The average Bonchev–Trinajstić information content (AvgIpc) is 3.18. The van der Waals surface area contributed by atoms with Gasteiger partial charge in [0.2, 0.25) is 5.90 Å². The summed E-state index contributed by atoms with van der Waals surface area (Å²) in [5.74, 6) is 1.69. The molecule has 0 bridgehead atoms. The fourth-order valence-corrected chi connectivity index (χ4v) is 3.90. The monoisotopic (exact) mass is 404 g/mol. The molecule has 0 radical (unpaired) electrons. The number of methoxy groups -OCH3 is 2. The van der Waals surface area contributed by atoms with Crippen LogP contribution in [0, 0.1) is 5.92 Å². The van der Waals surface area contributed by atoms with Gasteiger partial charge in [-0.2, -0.15) is 0 Å². The molecule has 7 nitrogen and oxygen atoms in total. The van der Waals surface area contributed by atoms with Crippen molar-refractivity contribution < 1.29 is 22.6 Å². The lowest BCUT2D eigenvalue weighted by atomic mass is 10.1. The van der Waals surface area contributed by atoms with Crippen LogP contribution in [0.3, 0.4) is 0 Å². The second kappa shape index (κ2) is 8.10. The van der Waals surface area contributed by atoms with Crippen LogP contribution < -0.4 is 14.2 Å². The minimum absolute atomic E-state index is 0.0345. The molecule has 0 aliphatic carbocycles. The predicted molar refractivity (Wildman–Crippen MR) is 108 cm³/mol. The summed E-state index contributed by atoms with van der Waals surface area (Å²) in [5.41, 5.74) is 0.837. The maximum atomic E-state index is 12.9. The van der Waals surface area contributed by atoms with E-state index < -0.39 is 10.0 Å². The fourth-order valence-electron chi connectivity index (χ4n) is 2.81. The Balaban J connectivity index is 2.00. The molecule has 3 rings (SSSR count). The normalized spacial score (nSPS) is 16.5. The van der Waals surface area contributed by atoms with Gasteiger partial charge in [0.05, 0.1) is 30.7 Å². The van der Waals surface area contributed by atoms with Crippen LogP contribution in [0.5, 0.6) is 11.5 Å². The topological polar surface area (TPSA) is 86.2 Å². The maximum Gasteiger partial charge on any atom is 0.262 e. The van der Waals surface area contributed by atoms with Crippen molar-refractivity contribution in [3.63, 3.8) is 0 Å². The zero-order valence-corrected chi connectivity index (χ0v) is 17.1. The van der Waals surface area contributed by atoms with Gasteiger partial charge in [0, 0.05) is 0 Å². The molecule has 1 atom stereocenters. The third-order valence-corrected chi connectivity index (χ3v) is 5.89. The van der Waals surface area contributed by atoms with Crippen LogP contribution in [-0.2, 0) is 14.8 Å². The first-order valence-electron chi connectivity index (χ1n) is 8.90. The third-order valence-electron chi connectivity index (χ3n) is 4.53. The SMILES string of the molecule is COc1ccc(S(=O)(=O)Nc2c(OC)cccc2C2=N[C@@H](C(C)C)CO2)cc1. The summed E-state index contributed by atoms with van der Waals surface area (Å²) in [6.45, 7) is 4.60. The van der Waals surface area contributed by atoms with Crippen molar-refractivity contribution in [2.24, 2.45) is 10.9 Å². The summed E-state index contributed by atoms with van der Waals surface area (Å²) < 4.78 is 44.7. The van der Waals surface area contributed by atoms with Crippen molar-refractivity contribution in [3.05, 3.63) is 48.0 Å². The van der Waals surface area contributed by atoms with Crippen LogP contribution in [0.15, 0.2) is 52.4 Å². The van der Waals surface area contributed by atoms with Gasteiger partial charge < -0.3 is 14.2 Å². The van der Waals surface area contributed by atoms with E-state index in [2.05, 4.69) is 23.6 Å². The van der Waals surface area contributed by atoms with Gasteiger partial charge in [-0.3, -0.25) is 4.72 Å². The highest BCUT2D eigenvalue weighted by Gasteiger charge is 2.27. The molecule has 8 heteroatoms. The van der Waals surface area contributed by atoms with E-state index in [-0.39, 0.29) is 10.9 Å². The van der Waals surface area contributed by atoms with E-state index in [1.165, 1.54) is 26.4 Å². The molecule has 2 aromatic rings. The van der Waals surface area contributed by atoms with E-state index >= 15 is 0 Å². The largest absolute Gasteiger partial charge is 0.497 e. The summed E-state index contributed by atoms with van der Waals surface area (Å²) in [4.78, 5) is 4.72. The standard InChI is InChI=1S/C20H24N2O5S/c1-13(2)17-12-27-20(21-17)16-6-5-7-18(26-4)19(16)22-28(23,24)15-10-8-14(25-3)9-11-15/h5-11,13,17,22H,12H2,1-4H3/t17-/m1/s1. The van der Waals surface area contributed by atoms with Crippen molar-refractivity contribution in [3.8, 4) is 11.5 Å². The van der Waals surface area contributed by atoms with E-state index in [1.54, 1.807) is 30.3 Å². The third kappa shape index (κ3) is 4.06. The molecule has 0 fully saturated rings. The Hall–Kier alpha value is -2.74. The number of nitrogens with one attached hydrogen (secondary N) is 1. The number of hydrogen-bond donors (Lipinski definition) is 1. The van der Waals surface area contributed by atoms with E-state index in [9.17, 15) is 8.42 Å². The van der Waals surface area contributed by atoms with Crippen molar-refractivity contribution in [1.29, 1.82) is 0 Å². The molecular weight excluding hydrogens is 380 g/mol. The van der Waals surface area contributed by atoms with Gasteiger partial charge in [-0.25, -0.2) is 13.4 Å². The number of rotatable bonds is 7. The molecule has 0 amide bonds. The quantitative estimate of drug-likeness (QED) is 0.765. The molecule has 0 saturated heterocycles.